The maximum atomic E-state index is 12.5. The number of halogens is 2. The van der Waals surface area contributed by atoms with Gasteiger partial charge in [-0.25, -0.2) is 0 Å². The van der Waals surface area contributed by atoms with E-state index in [1.807, 2.05) is 6.07 Å². The summed E-state index contributed by atoms with van der Waals surface area (Å²) in [5.74, 6) is -3.80. The number of rotatable bonds is 5. The molecule has 26 heavy (non-hydrogen) atoms. The van der Waals surface area contributed by atoms with Crippen LogP contribution in [0.2, 0.25) is 0 Å². The van der Waals surface area contributed by atoms with E-state index in [9.17, 15) is 14.9 Å². The van der Waals surface area contributed by atoms with Crippen molar-refractivity contribution >= 4 is 43.8 Å². The van der Waals surface area contributed by atoms with Gasteiger partial charge in [0.15, 0.2) is 5.92 Å². The molecule has 9 heteroatoms. The van der Waals surface area contributed by atoms with Crippen molar-refractivity contribution in [1.82, 2.24) is 0 Å². The number of hydrogen-bond donors (Lipinski definition) is 1. The van der Waals surface area contributed by atoms with Crippen molar-refractivity contribution in [3.63, 3.8) is 0 Å². The van der Waals surface area contributed by atoms with Gasteiger partial charge >= 0.3 is 11.9 Å². The van der Waals surface area contributed by atoms with E-state index in [-0.39, 0.29) is 24.7 Å². The molecule has 1 aromatic rings. The highest BCUT2D eigenvalue weighted by Crippen LogP contribution is 2.47. The van der Waals surface area contributed by atoms with Crippen molar-refractivity contribution in [2.75, 3.05) is 13.2 Å². The molecule has 0 amide bonds. The molecule has 0 fully saturated rings. The molecule has 0 unspecified atom stereocenters. The maximum Gasteiger partial charge on any atom is 0.321 e. The molecule has 1 atom stereocenters. The van der Waals surface area contributed by atoms with Gasteiger partial charge in [-0.15, -0.1) is 0 Å². The maximum absolute atomic E-state index is 12.5. The summed E-state index contributed by atoms with van der Waals surface area (Å²) in [6.07, 6.45) is 0. The summed E-state index contributed by atoms with van der Waals surface area (Å²) in [4.78, 5) is 25.1. The molecule has 0 saturated carbocycles. The van der Waals surface area contributed by atoms with Crippen LogP contribution in [-0.4, -0.2) is 25.2 Å². The standard InChI is InChI=1S/C17H16Br2N2O5/c1-3-24-16(22)13(17(23)25-4-2)12-9-5-8(18)6-11(19)14(9)26-15(21)10(12)7-20/h5-6,12-13H,3-4,21H2,1-2H3/t12-/m1/s1. The molecule has 0 saturated heterocycles. The van der Waals surface area contributed by atoms with Crippen LogP contribution in [0.1, 0.15) is 25.3 Å². The van der Waals surface area contributed by atoms with Crippen LogP contribution < -0.4 is 10.5 Å². The van der Waals surface area contributed by atoms with Gasteiger partial charge in [-0.05, 0) is 41.9 Å². The van der Waals surface area contributed by atoms with Crippen LogP contribution >= 0.6 is 31.9 Å². The quantitative estimate of drug-likeness (QED) is 0.501. The molecule has 0 bridgehead atoms. The average Bonchev–Trinajstić information content (AvgIpc) is 2.56. The van der Waals surface area contributed by atoms with E-state index in [0.29, 0.717) is 20.3 Å². The highest BCUT2D eigenvalue weighted by Gasteiger charge is 2.45. The zero-order valence-corrected chi connectivity index (χ0v) is 17.2. The fourth-order valence-electron chi connectivity index (χ4n) is 2.70. The van der Waals surface area contributed by atoms with E-state index in [0.717, 1.165) is 0 Å². The number of fused-ring (bicyclic) bond motifs is 1. The summed E-state index contributed by atoms with van der Waals surface area (Å²) in [5.41, 5.74) is 6.30. The second kappa shape index (κ2) is 8.56. The van der Waals surface area contributed by atoms with Crippen LogP contribution in [0.15, 0.2) is 32.5 Å². The number of carbonyl (C=O) groups excluding carboxylic acids is 2. The fourth-order valence-corrected chi connectivity index (χ4v) is 4.04. The summed E-state index contributed by atoms with van der Waals surface area (Å²) in [5, 5.41) is 9.57. The largest absolute Gasteiger partial charge is 0.465 e. The molecule has 2 rings (SSSR count). The van der Waals surface area contributed by atoms with E-state index in [1.165, 1.54) is 0 Å². The first-order chi connectivity index (χ1) is 12.3. The number of carbonyl (C=O) groups is 2. The van der Waals surface area contributed by atoms with Gasteiger partial charge in [-0.1, -0.05) is 15.9 Å². The van der Waals surface area contributed by atoms with Crippen molar-refractivity contribution in [3.8, 4) is 11.8 Å². The summed E-state index contributed by atoms with van der Waals surface area (Å²) < 4.78 is 16.9. The molecule has 0 aromatic heterocycles. The van der Waals surface area contributed by atoms with Crippen LogP contribution in [0.25, 0.3) is 0 Å². The Bertz CT molecular complexity index is 798. The number of nitrogens with two attached hydrogens (primary N) is 1. The van der Waals surface area contributed by atoms with Crippen LogP contribution in [0.4, 0.5) is 0 Å². The molecule has 138 valence electrons. The highest BCUT2D eigenvalue weighted by atomic mass is 79.9. The second-order valence-electron chi connectivity index (χ2n) is 5.26. The van der Waals surface area contributed by atoms with E-state index >= 15 is 0 Å². The highest BCUT2D eigenvalue weighted by molar-refractivity contribution is 9.11. The minimum Gasteiger partial charge on any atom is -0.465 e. The van der Waals surface area contributed by atoms with Gasteiger partial charge in [0.25, 0.3) is 0 Å². The van der Waals surface area contributed by atoms with Crippen LogP contribution in [0.5, 0.6) is 5.75 Å². The van der Waals surface area contributed by atoms with Gasteiger partial charge in [-0.2, -0.15) is 5.26 Å². The first-order valence-electron chi connectivity index (χ1n) is 7.75. The van der Waals surface area contributed by atoms with Gasteiger partial charge in [0.2, 0.25) is 5.88 Å². The zero-order valence-electron chi connectivity index (χ0n) is 14.0. The average molecular weight is 488 g/mol. The molecular formula is C17H16Br2N2O5. The molecule has 0 radical (unpaired) electrons. The number of ether oxygens (including phenoxy) is 3. The molecule has 1 aromatic carbocycles. The third-order valence-electron chi connectivity index (χ3n) is 3.70. The molecule has 0 spiro atoms. The summed E-state index contributed by atoms with van der Waals surface area (Å²) >= 11 is 6.73. The minimum absolute atomic E-state index is 0.0337. The van der Waals surface area contributed by atoms with Gasteiger partial charge in [0, 0.05) is 10.0 Å². The topological polar surface area (TPSA) is 112 Å². The lowest BCUT2D eigenvalue weighted by Crippen LogP contribution is -2.37. The fraction of sp³-hybridized carbons (Fsp3) is 0.353. The van der Waals surface area contributed by atoms with Gasteiger partial charge in [0.1, 0.15) is 11.8 Å². The number of nitriles is 1. The minimum atomic E-state index is -1.38. The number of esters is 2. The molecule has 1 aliphatic rings. The van der Waals surface area contributed by atoms with Crippen LogP contribution in [0, 0.1) is 17.2 Å². The molecule has 1 aliphatic heterocycles. The Labute approximate surface area is 167 Å². The predicted molar refractivity (Wildman–Crippen MR) is 98.8 cm³/mol. The van der Waals surface area contributed by atoms with Crippen LogP contribution in [0.3, 0.4) is 0 Å². The summed E-state index contributed by atoms with van der Waals surface area (Å²) in [7, 11) is 0. The monoisotopic (exact) mass is 486 g/mol. The van der Waals surface area contributed by atoms with Crippen molar-refractivity contribution in [1.29, 1.82) is 5.26 Å². The molecule has 7 nitrogen and oxygen atoms in total. The van der Waals surface area contributed by atoms with Gasteiger partial charge in [0.05, 0.1) is 29.2 Å². The molecule has 0 aliphatic carbocycles. The smallest absolute Gasteiger partial charge is 0.321 e. The third kappa shape index (κ3) is 3.86. The number of hydrogen-bond acceptors (Lipinski definition) is 7. The second-order valence-corrected chi connectivity index (χ2v) is 7.03. The Morgan fingerprint density at radius 1 is 1.27 bits per heavy atom. The summed E-state index contributed by atoms with van der Waals surface area (Å²) in [6, 6.07) is 5.33. The first-order valence-corrected chi connectivity index (χ1v) is 9.34. The van der Waals surface area contributed by atoms with E-state index < -0.39 is 23.8 Å². The normalized spacial score (nSPS) is 15.8. The molecule has 2 N–H and O–H groups in total. The summed E-state index contributed by atoms with van der Waals surface area (Å²) in [6.45, 7) is 3.41. The van der Waals surface area contributed by atoms with Crippen molar-refractivity contribution in [2.45, 2.75) is 19.8 Å². The predicted octanol–water partition coefficient (Wildman–Crippen LogP) is 3.12. The van der Waals surface area contributed by atoms with Crippen molar-refractivity contribution < 1.29 is 23.8 Å². The van der Waals surface area contributed by atoms with Crippen molar-refractivity contribution in [2.24, 2.45) is 11.7 Å². The Balaban J connectivity index is 2.70. The molecular weight excluding hydrogens is 472 g/mol. The zero-order chi connectivity index (χ0) is 19.4. The Kier molecular flexibility index (Phi) is 6.67. The Hall–Kier alpha value is -2.05. The molecule has 1 heterocycles. The number of allylic oxidation sites excluding steroid dienone is 1. The van der Waals surface area contributed by atoms with Gasteiger partial charge in [-0.3, -0.25) is 9.59 Å². The van der Waals surface area contributed by atoms with E-state index in [2.05, 4.69) is 31.9 Å². The number of benzene rings is 1. The van der Waals surface area contributed by atoms with Gasteiger partial charge < -0.3 is 19.9 Å². The lowest BCUT2D eigenvalue weighted by Gasteiger charge is -2.30. The lowest BCUT2D eigenvalue weighted by molar-refractivity contribution is -0.162. The Morgan fingerprint density at radius 2 is 1.85 bits per heavy atom. The van der Waals surface area contributed by atoms with Crippen molar-refractivity contribution in [3.05, 3.63) is 38.1 Å². The third-order valence-corrected chi connectivity index (χ3v) is 4.74. The van der Waals surface area contributed by atoms with E-state index in [4.69, 9.17) is 19.9 Å². The number of nitrogens with zero attached hydrogens (tertiary/aromatic N) is 1. The van der Waals surface area contributed by atoms with E-state index in [1.54, 1.807) is 26.0 Å². The SMILES string of the molecule is CCOC(=O)C(C(=O)OCC)[C@H]1C(C#N)=C(N)Oc2c(Br)cc(Br)cc21. The first kappa shape index (κ1) is 20.3. The Morgan fingerprint density at radius 3 is 2.35 bits per heavy atom. The lowest BCUT2D eigenvalue weighted by atomic mass is 9.79. The van der Waals surface area contributed by atoms with Crippen LogP contribution in [-0.2, 0) is 19.1 Å².